The highest BCUT2D eigenvalue weighted by Gasteiger charge is 2.21. The molecule has 0 N–H and O–H groups in total. The van der Waals surface area contributed by atoms with Gasteiger partial charge in [0.1, 0.15) is 10.6 Å². The van der Waals surface area contributed by atoms with Gasteiger partial charge in [-0.1, -0.05) is 13.8 Å². The van der Waals surface area contributed by atoms with E-state index in [1.807, 2.05) is 6.92 Å². The second-order valence-electron chi connectivity index (χ2n) is 5.19. The third kappa shape index (κ3) is 4.24. The number of rotatable bonds is 6. The van der Waals surface area contributed by atoms with Crippen molar-refractivity contribution in [2.75, 3.05) is 13.6 Å². The lowest BCUT2D eigenvalue weighted by molar-refractivity contribution is 0.0778. The van der Waals surface area contributed by atoms with Crippen LogP contribution in [-0.4, -0.2) is 37.4 Å². The van der Waals surface area contributed by atoms with E-state index in [9.17, 15) is 13.2 Å². The molecule has 20 heavy (non-hydrogen) atoms. The zero-order valence-electron chi connectivity index (χ0n) is 12.3. The first-order valence-corrected chi connectivity index (χ1v) is 8.88. The Balaban J connectivity index is 3.00. The van der Waals surface area contributed by atoms with Gasteiger partial charge in [0.2, 0.25) is 0 Å². The summed E-state index contributed by atoms with van der Waals surface area (Å²) in [6.07, 6.45) is 2.29. The summed E-state index contributed by atoms with van der Waals surface area (Å²) in [5, 5.41) is 0. The minimum Gasteiger partial charge on any atom is -0.342 e. The van der Waals surface area contributed by atoms with Crippen LogP contribution in [0.5, 0.6) is 0 Å². The van der Waals surface area contributed by atoms with Gasteiger partial charge in [0.05, 0.1) is 0 Å². The fourth-order valence-corrected chi connectivity index (χ4v) is 2.57. The van der Waals surface area contributed by atoms with E-state index < -0.39 is 9.05 Å². The predicted molar refractivity (Wildman–Crippen MR) is 79.6 cm³/mol. The van der Waals surface area contributed by atoms with E-state index in [2.05, 4.69) is 13.8 Å². The monoisotopic (exact) mass is 320 g/mol. The summed E-state index contributed by atoms with van der Waals surface area (Å²) >= 11 is 0. The number of aryl methyl sites for hydroxylation is 1. The summed E-state index contributed by atoms with van der Waals surface area (Å²) in [6, 6.07) is 1.33. The van der Waals surface area contributed by atoms with Crippen molar-refractivity contribution in [3.8, 4) is 0 Å². The molecular formula is C13H21ClN2O3S. The molecule has 0 unspecified atom stereocenters. The Kier molecular flexibility index (Phi) is 5.65. The number of hydrogen-bond acceptors (Lipinski definition) is 3. The van der Waals surface area contributed by atoms with Crippen LogP contribution in [0.15, 0.2) is 17.2 Å². The van der Waals surface area contributed by atoms with Crippen molar-refractivity contribution in [3.05, 3.63) is 18.0 Å². The standard InChI is InChI=1S/C13H21ClN2O3S/c1-5-16-9-11(20(14,18)19)8-12(16)13(17)15(4)7-6-10(2)3/h8-10H,5-7H2,1-4H3. The fourth-order valence-electron chi connectivity index (χ4n) is 1.81. The van der Waals surface area contributed by atoms with Crippen LogP contribution < -0.4 is 0 Å². The SMILES string of the molecule is CCn1cc(S(=O)(=O)Cl)cc1C(=O)N(C)CCC(C)C. The van der Waals surface area contributed by atoms with Gasteiger partial charge in [-0.25, -0.2) is 8.42 Å². The number of halogens is 1. The van der Waals surface area contributed by atoms with Crippen LogP contribution in [-0.2, 0) is 15.6 Å². The summed E-state index contributed by atoms with van der Waals surface area (Å²) in [5.41, 5.74) is 0.345. The first kappa shape index (κ1) is 17.0. The van der Waals surface area contributed by atoms with Crippen molar-refractivity contribution < 1.29 is 13.2 Å². The van der Waals surface area contributed by atoms with E-state index >= 15 is 0 Å². The molecule has 0 fully saturated rings. The second-order valence-corrected chi connectivity index (χ2v) is 7.76. The maximum absolute atomic E-state index is 12.3. The third-order valence-electron chi connectivity index (χ3n) is 3.10. The van der Waals surface area contributed by atoms with E-state index in [4.69, 9.17) is 10.7 Å². The lowest BCUT2D eigenvalue weighted by atomic mass is 10.1. The summed E-state index contributed by atoms with van der Waals surface area (Å²) in [7, 11) is 3.22. The van der Waals surface area contributed by atoms with Gasteiger partial charge >= 0.3 is 0 Å². The van der Waals surface area contributed by atoms with Crippen molar-refractivity contribution in [2.45, 2.75) is 38.6 Å². The number of hydrogen-bond donors (Lipinski definition) is 0. The van der Waals surface area contributed by atoms with Crippen LogP contribution in [0.3, 0.4) is 0 Å². The molecule has 1 heterocycles. The highest BCUT2D eigenvalue weighted by atomic mass is 35.7. The van der Waals surface area contributed by atoms with Gasteiger partial charge in [-0.05, 0) is 25.3 Å². The highest BCUT2D eigenvalue weighted by Crippen LogP contribution is 2.20. The number of carbonyl (C=O) groups excluding carboxylic acids is 1. The molecule has 0 spiro atoms. The van der Waals surface area contributed by atoms with Crippen LogP contribution in [0, 0.1) is 5.92 Å². The Labute approximate surface area is 124 Å². The average molecular weight is 321 g/mol. The molecule has 1 amide bonds. The van der Waals surface area contributed by atoms with Crippen LogP contribution >= 0.6 is 10.7 Å². The first-order chi connectivity index (χ1) is 9.16. The lowest BCUT2D eigenvalue weighted by Gasteiger charge is -2.19. The molecule has 0 atom stereocenters. The molecule has 1 rings (SSSR count). The summed E-state index contributed by atoms with van der Waals surface area (Å²) in [5.74, 6) is 0.307. The first-order valence-electron chi connectivity index (χ1n) is 6.57. The number of aromatic nitrogens is 1. The predicted octanol–water partition coefficient (Wildman–Crippen LogP) is 2.55. The van der Waals surface area contributed by atoms with E-state index in [0.29, 0.717) is 24.7 Å². The van der Waals surface area contributed by atoms with Crippen LogP contribution in [0.2, 0.25) is 0 Å². The number of carbonyl (C=O) groups is 1. The van der Waals surface area contributed by atoms with Gasteiger partial charge in [-0.2, -0.15) is 0 Å². The Morgan fingerprint density at radius 3 is 2.50 bits per heavy atom. The minimum absolute atomic E-state index is 0.0402. The second kappa shape index (κ2) is 6.63. The molecule has 0 aliphatic carbocycles. The van der Waals surface area contributed by atoms with E-state index in [0.717, 1.165) is 6.42 Å². The topological polar surface area (TPSA) is 59.4 Å². The maximum Gasteiger partial charge on any atom is 0.270 e. The molecule has 7 heteroatoms. The van der Waals surface area contributed by atoms with Crippen molar-refractivity contribution in [2.24, 2.45) is 5.92 Å². The van der Waals surface area contributed by atoms with Gasteiger partial charge in [-0.3, -0.25) is 4.79 Å². The van der Waals surface area contributed by atoms with Crippen molar-refractivity contribution in [1.29, 1.82) is 0 Å². The molecule has 0 saturated heterocycles. The average Bonchev–Trinajstić information content (AvgIpc) is 2.78. The maximum atomic E-state index is 12.3. The Morgan fingerprint density at radius 1 is 1.45 bits per heavy atom. The van der Waals surface area contributed by atoms with E-state index in [-0.39, 0.29) is 10.8 Å². The Hall–Kier alpha value is -1.01. The molecule has 0 aromatic carbocycles. The lowest BCUT2D eigenvalue weighted by Crippen LogP contribution is -2.30. The Bertz CT molecular complexity index is 578. The van der Waals surface area contributed by atoms with Gasteiger partial charge in [0.25, 0.3) is 15.0 Å². The molecule has 0 aliphatic rings. The summed E-state index contributed by atoms with van der Waals surface area (Å²) < 4.78 is 24.3. The summed E-state index contributed by atoms with van der Waals surface area (Å²) in [4.78, 5) is 13.9. The highest BCUT2D eigenvalue weighted by molar-refractivity contribution is 8.13. The molecule has 0 bridgehead atoms. The molecule has 0 saturated carbocycles. The molecule has 114 valence electrons. The Morgan fingerprint density at radius 2 is 2.05 bits per heavy atom. The largest absolute Gasteiger partial charge is 0.342 e. The van der Waals surface area contributed by atoms with E-state index in [1.54, 1.807) is 16.5 Å². The molecular weight excluding hydrogens is 300 g/mol. The third-order valence-corrected chi connectivity index (χ3v) is 4.42. The van der Waals surface area contributed by atoms with Gasteiger partial charge in [-0.15, -0.1) is 0 Å². The fraction of sp³-hybridized carbons (Fsp3) is 0.615. The molecule has 1 aromatic heterocycles. The van der Waals surface area contributed by atoms with Crippen molar-refractivity contribution in [3.63, 3.8) is 0 Å². The van der Waals surface area contributed by atoms with E-state index in [1.165, 1.54) is 12.3 Å². The van der Waals surface area contributed by atoms with Gasteiger partial charge < -0.3 is 9.47 Å². The molecule has 1 aromatic rings. The zero-order valence-corrected chi connectivity index (χ0v) is 13.8. The van der Waals surface area contributed by atoms with Crippen molar-refractivity contribution >= 4 is 25.6 Å². The zero-order chi connectivity index (χ0) is 15.5. The van der Waals surface area contributed by atoms with Crippen LogP contribution in [0.25, 0.3) is 0 Å². The number of amides is 1. The van der Waals surface area contributed by atoms with Crippen LogP contribution in [0.4, 0.5) is 0 Å². The van der Waals surface area contributed by atoms with Gasteiger partial charge in [0, 0.05) is 37.0 Å². The van der Waals surface area contributed by atoms with Gasteiger partial charge in [0.15, 0.2) is 0 Å². The molecule has 5 nitrogen and oxygen atoms in total. The molecule has 0 radical (unpaired) electrons. The molecule has 0 aliphatic heterocycles. The summed E-state index contributed by atoms with van der Waals surface area (Å²) in [6.45, 7) is 7.16. The quantitative estimate of drug-likeness (QED) is 0.757. The van der Waals surface area contributed by atoms with Crippen molar-refractivity contribution in [1.82, 2.24) is 9.47 Å². The number of nitrogens with zero attached hydrogens (tertiary/aromatic N) is 2. The smallest absolute Gasteiger partial charge is 0.270 e. The van der Waals surface area contributed by atoms with Crippen LogP contribution in [0.1, 0.15) is 37.7 Å². The normalized spacial score (nSPS) is 11.9. The minimum atomic E-state index is -3.82.